The fraction of sp³-hybridized carbons (Fsp3) is 0.278. The van der Waals surface area contributed by atoms with Crippen molar-refractivity contribution in [1.82, 2.24) is 9.62 Å². The number of nitrogens with zero attached hydrogens (tertiary/aromatic N) is 1. The monoisotopic (exact) mass is 398 g/mol. The van der Waals surface area contributed by atoms with E-state index in [9.17, 15) is 17.6 Å². The molecule has 0 aromatic heterocycles. The molecule has 0 saturated heterocycles. The lowest BCUT2D eigenvalue weighted by atomic mass is 10.2. The summed E-state index contributed by atoms with van der Waals surface area (Å²) in [7, 11) is -3.52. The second-order valence-corrected chi connectivity index (χ2v) is 7.91. The van der Waals surface area contributed by atoms with E-state index < -0.39 is 21.7 Å². The van der Waals surface area contributed by atoms with Crippen LogP contribution in [0.5, 0.6) is 0 Å². The van der Waals surface area contributed by atoms with Crippen LogP contribution in [0, 0.1) is 5.82 Å². The van der Waals surface area contributed by atoms with E-state index in [2.05, 4.69) is 5.32 Å². The van der Waals surface area contributed by atoms with E-state index >= 15 is 0 Å². The van der Waals surface area contributed by atoms with Crippen LogP contribution in [0.4, 0.5) is 4.39 Å². The van der Waals surface area contributed by atoms with Gasteiger partial charge < -0.3 is 5.32 Å². The van der Waals surface area contributed by atoms with Crippen molar-refractivity contribution in [3.8, 4) is 0 Å². The lowest BCUT2D eigenvalue weighted by molar-refractivity contribution is 0.0947. The first-order valence-corrected chi connectivity index (χ1v) is 9.93. The van der Waals surface area contributed by atoms with E-state index in [0.29, 0.717) is 18.7 Å². The Labute approximate surface area is 157 Å². The Hall–Kier alpha value is -1.96. The summed E-state index contributed by atoms with van der Waals surface area (Å²) < 4.78 is 40.0. The molecule has 8 heteroatoms. The molecule has 2 rings (SSSR count). The minimum atomic E-state index is -3.52. The van der Waals surface area contributed by atoms with E-state index in [-0.39, 0.29) is 22.0 Å². The van der Waals surface area contributed by atoms with Crippen LogP contribution >= 0.6 is 11.6 Å². The second-order valence-electron chi connectivity index (χ2n) is 5.54. The van der Waals surface area contributed by atoms with Crippen molar-refractivity contribution in [2.24, 2.45) is 0 Å². The number of hydrogen-bond acceptors (Lipinski definition) is 3. The molecule has 0 fully saturated rings. The number of sulfonamides is 1. The average molecular weight is 399 g/mol. The van der Waals surface area contributed by atoms with Gasteiger partial charge in [0.2, 0.25) is 10.0 Å². The van der Waals surface area contributed by atoms with Crippen LogP contribution in [0.2, 0.25) is 5.02 Å². The third-order valence-electron chi connectivity index (χ3n) is 3.90. The highest BCUT2D eigenvalue weighted by molar-refractivity contribution is 7.89. The standard InChI is InChI=1S/C18H20ClFN2O3S/c1-3-22(4-2)26(24,25)15-8-5-13(6-9-15)12-21-18(23)16-10-7-14(19)11-17(16)20/h5-11H,3-4,12H2,1-2H3,(H,21,23). The van der Waals surface area contributed by atoms with Gasteiger partial charge in [0, 0.05) is 24.7 Å². The normalized spacial score (nSPS) is 11.6. The fourth-order valence-electron chi connectivity index (χ4n) is 2.44. The van der Waals surface area contributed by atoms with Crippen molar-refractivity contribution in [1.29, 1.82) is 0 Å². The first-order valence-electron chi connectivity index (χ1n) is 8.12. The van der Waals surface area contributed by atoms with Gasteiger partial charge >= 0.3 is 0 Å². The smallest absolute Gasteiger partial charge is 0.254 e. The molecule has 2 aromatic carbocycles. The van der Waals surface area contributed by atoms with Crippen LogP contribution < -0.4 is 5.32 Å². The number of amides is 1. The van der Waals surface area contributed by atoms with Crippen molar-refractivity contribution in [3.63, 3.8) is 0 Å². The van der Waals surface area contributed by atoms with Gasteiger partial charge in [0.1, 0.15) is 5.82 Å². The van der Waals surface area contributed by atoms with Crippen molar-refractivity contribution in [3.05, 3.63) is 64.4 Å². The van der Waals surface area contributed by atoms with E-state index in [1.54, 1.807) is 26.0 Å². The summed E-state index contributed by atoms with van der Waals surface area (Å²) in [5, 5.41) is 2.81. The van der Waals surface area contributed by atoms with Crippen LogP contribution in [0.1, 0.15) is 29.8 Å². The number of halogens is 2. The summed E-state index contributed by atoms with van der Waals surface area (Å²) in [5.41, 5.74) is 0.598. The highest BCUT2D eigenvalue weighted by Crippen LogP contribution is 2.17. The minimum absolute atomic E-state index is 0.102. The summed E-state index contributed by atoms with van der Waals surface area (Å²) in [6.45, 7) is 4.49. The molecule has 0 aliphatic heterocycles. The summed E-state index contributed by atoms with van der Waals surface area (Å²) in [4.78, 5) is 12.2. The molecule has 1 amide bonds. The largest absolute Gasteiger partial charge is 0.348 e. The number of carbonyl (C=O) groups is 1. The summed E-state index contributed by atoms with van der Waals surface area (Å²) >= 11 is 5.67. The van der Waals surface area contributed by atoms with Gasteiger partial charge in [-0.3, -0.25) is 4.79 Å². The fourth-order valence-corrected chi connectivity index (χ4v) is 4.06. The van der Waals surface area contributed by atoms with Gasteiger partial charge in [0.05, 0.1) is 10.5 Å². The molecule has 0 heterocycles. The van der Waals surface area contributed by atoms with E-state index in [1.165, 1.54) is 28.6 Å². The molecule has 0 spiro atoms. The van der Waals surface area contributed by atoms with Crippen LogP contribution in [-0.4, -0.2) is 31.7 Å². The zero-order chi connectivity index (χ0) is 19.3. The highest BCUT2D eigenvalue weighted by Gasteiger charge is 2.21. The molecule has 5 nitrogen and oxygen atoms in total. The molecule has 140 valence electrons. The lowest BCUT2D eigenvalue weighted by Gasteiger charge is -2.18. The molecule has 0 atom stereocenters. The maximum atomic E-state index is 13.7. The Morgan fingerprint density at radius 2 is 1.73 bits per heavy atom. The van der Waals surface area contributed by atoms with Crippen LogP contribution in [0.25, 0.3) is 0 Å². The molecular weight excluding hydrogens is 379 g/mol. The van der Waals surface area contributed by atoms with E-state index in [1.807, 2.05) is 0 Å². The van der Waals surface area contributed by atoms with Crippen LogP contribution in [-0.2, 0) is 16.6 Å². The van der Waals surface area contributed by atoms with Crippen molar-refractivity contribution >= 4 is 27.5 Å². The van der Waals surface area contributed by atoms with Crippen LogP contribution in [0.15, 0.2) is 47.4 Å². The zero-order valence-electron chi connectivity index (χ0n) is 14.5. The topological polar surface area (TPSA) is 66.5 Å². The Morgan fingerprint density at radius 1 is 1.12 bits per heavy atom. The van der Waals surface area contributed by atoms with Gasteiger partial charge in [0.25, 0.3) is 5.91 Å². The Bertz CT molecular complexity index is 882. The Morgan fingerprint density at radius 3 is 2.27 bits per heavy atom. The molecule has 2 aromatic rings. The number of benzene rings is 2. The maximum absolute atomic E-state index is 13.7. The quantitative estimate of drug-likeness (QED) is 0.776. The summed E-state index contributed by atoms with van der Waals surface area (Å²) in [5.74, 6) is -1.27. The summed E-state index contributed by atoms with van der Waals surface area (Å²) in [6.07, 6.45) is 0. The third-order valence-corrected chi connectivity index (χ3v) is 6.19. The van der Waals surface area contributed by atoms with E-state index in [0.717, 1.165) is 6.07 Å². The number of hydrogen-bond donors (Lipinski definition) is 1. The number of rotatable bonds is 7. The molecule has 0 bridgehead atoms. The molecule has 0 aliphatic rings. The zero-order valence-corrected chi connectivity index (χ0v) is 16.1. The molecule has 0 radical (unpaired) electrons. The second kappa shape index (κ2) is 8.62. The molecule has 1 N–H and O–H groups in total. The molecule has 0 saturated carbocycles. The van der Waals surface area contributed by atoms with Gasteiger partial charge in [-0.05, 0) is 35.9 Å². The molecular formula is C18H20ClFN2O3S. The number of carbonyl (C=O) groups excluding carboxylic acids is 1. The average Bonchev–Trinajstić information content (AvgIpc) is 2.61. The van der Waals surface area contributed by atoms with Gasteiger partial charge in [-0.1, -0.05) is 37.6 Å². The first kappa shape index (κ1) is 20.4. The predicted molar refractivity (Wildman–Crippen MR) is 99.1 cm³/mol. The van der Waals surface area contributed by atoms with Crippen molar-refractivity contribution in [2.75, 3.05) is 13.1 Å². The molecule has 26 heavy (non-hydrogen) atoms. The highest BCUT2D eigenvalue weighted by atomic mass is 35.5. The third kappa shape index (κ3) is 4.60. The number of nitrogens with one attached hydrogen (secondary N) is 1. The molecule has 0 unspecified atom stereocenters. The van der Waals surface area contributed by atoms with Gasteiger partial charge in [-0.15, -0.1) is 0 Å². The van der Waals surface area contributed by atoms with E-state index in [4.69, 9.17) is 11.6 Å². The first-order chi connectivity index (χ1) is 12.3. The lowest BCUT2D eigenvalue weighted by Crippen LogP contribution is -2.30. The SMILES string of the molecule is CCN(CC)S(=O)(=O)c1ccc(CNC(=O)c2ccc(Cl)cc2F)cc1. The predicted octanol–water partition coefficient (Wildman–Crippen LogP) is 3.44. The van der Waals surface area contributed by atoms with Crippen molar-refractivity contribution in [2.45, 2.75) is 25.3 Å². The van der Waals surface area contributed by atoms with Crippen molar-refractivity contribution < 1.29 is 17.6 Å². The minimum Gasteiger partial charge on any atom is -0.348 e. The summed E-state index contributed by atoms with van der Waals surface area (Å²) in [6, 6.07) is 10.1. The molecule has 0 aliphatic carbocycles. The van der Waals surface area contributed by atoms with Gasteiger partial charge in [-0.25, -0.2) is 12.8 Å². The Kier molecular flexibility index (Phi) is 6.75. The van der Waals surface area contributed by atoms with Gasteiger partial charge in [-0.2, -0.15) is 4.31 Å². The van der Waals surface area contributed by atoms with Gasteiger partial charge in [0.15, 0.2) is 0 Å². The van der Waals surface area contributed by atoms with Crippen LogP contribution in [0.3, 0.4) is 0 Å². The maximum Gasteiger partial charge on any atom is 0.254 e. The Balaban J connectivity index is 2.07.